The number of aromatic nitrogens is 2. The van der Waals surface area contributed by atoms with Crippen LogP contribution in [0.1, 0.15) is 12.5 Å². The molecule has 3 aromatic rings. The molecule has 0 bridgehead atoms. The summed E-state index contributed by atoms with van der Waals surface area (Å²) in [6, 6.07) is 15.5. The molecule has 1 amide bonds. The Morgan fingerprint density at radius 3 is 2.73 bits per heavy atom. The fourth-order valence-corrected chi connectivity index (χ4v) is 2.17. The first-order chi connectivity index (χ1) is 12.6. The van der Waals surface area contributed by atoms with Crippen molar-refractivity contribution in [2.24, 2.45) is 5.10 Å². The van der Waals surface area contributed by atoms with Crippen LogP contribution in [-0.2, 0) is 4.79 Å². The first-order valence-corrected chi connectivity index (χ1v) is 7.97. The van der Waals surface area contributed by atoms with Gasteiger partial charge in [-0.1, -0.05) is 30.3 Å². The van der Waals surface area contributed by atoms with Crippen LogP contribution in [0.4, 0.5) is 4.39 Å². The lowest BCUT2D eigenvalue weighted by Crippen LogP contribution is -2.33. The Kier molecular flexibility index (Phi) is 5.38. The summed E-state index contributed by atoms with van der Waals surface area (Å²) in [6.07, 6.45) is 3.99. The second kappa shape index (κ2) is 8.06. The highest BCUT2D eigenvalue weighted by molar-refractivity contribution is 5.84. The van der Waals surface area contributed by atoms with E-state index in [-0.39, 0.29) is 5.75 Å². The smallest absolute Gasteiger partial charge is 0.280 e. The molecule has 0 saturated heterocycles. The molecule has 0 aliphatic heterocycles. The van der Waals surface area contributed by atoms with Crippen molar-refractivity contribution in [1.29, 1.82) is 0 Å². The number of rotatable bonds is 6. The van der Waals surface area contributed by atoms with Gasteiger partial charge >= 0.3 is 0 Å². The van der Waals surface area contributed by atoms with Crippen LogP contribution in [0.15, 0.2) is 72.1 Å². The van der Waals surface area contributed by atoms with Gasteiger partial charge in [0.1, 0.15) is 0 Å². The third-order valence-corrected chi connectivity index (χ3v) is 3.52. The lowest BCUT2D eigenvalue weighted by molar-refractivity contribution is -0.127. The number of hydrogen-bond acceptors (Lipinski definition) is 4. The molecule has 3 rings (SSSR count). The van der Waals surface area contributed by atoms with Crippen LogP contribution in [0.3, 0.4) is 0 Å². The minimum absolute atomic E-state index is 0.0169. The molecule has 0 radical (unpaired) electrons. The second-order valence-electron chi connectivity index (χ2n) is 5.48. The Morgan fingerprint density at radius 1 is 1.23 bits per heavy atom. The molecule has 1 heterocycles. The predicted molar refractivity (Wildman–Crippen MR) is 95.8 cm³/mol. The second-order valence-corrected chi connectivity index (χ2v) is 5.48. The van der Waals surface area contributed by atoms with Crippen LogP contribution in [-0.4, -0.2) is 28.0 Å². The number of nitrogens with one attached hydrogen (secondary N) is 1. The number of nitrogens with zero attached hydrogens (tertiary/aromatic N) is 3. The summed E-state index contributed by atoms with van der Waals surface area (Å²) in [6.45, 7) is 1.52. The molecule has 0 saturated carbocycles. The van der Waals surface area contributed by atoms with Crippen molar-refractivity contribution in [3.8, 4) is 11.4 Å². The van der Waals surface area contributed by atoms with Gasteiger partial charge in [-0.2, -0.15) is 10.2 Å². The molecule has 7 heteroatoms. The van der Waals surface area contributed by atoms with E-state index in [4.69, 9.17) is 4.74 Å². The van der Waals surface area contributed by atoms with Crippen molar-refractivity contribution in [1.82, 2.24) is 15.2 Å². The summed E-state index contributed by atoms with van der Waals surface area (Å²) < 4.78 is 20.5. The number of carbonyl (C=O) groups excluding carboxylic acids is 1. The molecule has 0 aliphatic rings. The topological polar surface area (TPSA) is 68.5 Å². The number of amides is 1. The monoisotopic (exact) mass is 352 g/mol. The Morgan fingerprint density at radius 2 is 1.96 bits per heavy atom. The SMILES string of the molecule is C[C@@H](Oc1ccccc1F)C(=O)N/N=C\c1cnn(-c2ccccc2)c1. The largest absolute Gasteiger partial charge is 0.478 e. The van der Waals surface area contributed by atoms with Gasteiger partial charge in [-0.05, 0) is 31.2 Å². The molecule has 0 unspecified atom stereocenters. The molecule has 0 spiro atoms. The van der Waals surface area contributed by atoms with E-state index in [0.29, 0.717) is 0 Å². The molecule has 132 valence electrons. The van der Waals surface area contributed by atoms with Gasteiger partial charge in [0.2, 0.25) is 0 Å². The maximum atomic E-state index is 13.5. The average Bonchev–Trinajstić information content (AvgIpc) is 3.13. The fourth-order valence-electron chi connectivity index (χ4n) is 2.17. The first-order valence-electron chi connectivity index (χ1n) is 7.97. The Labute approximate surface area is 149 Å². The molecule has 2 aromatic carbocycles. The number of halogens is 1. The zero-order valence-corrected chi connectivity index (χ0v) is 14.0. The maximum absolute atomic E-state index is 13.5. The van der Waals surface area contributed by atoms with Gasteiger partial charge in [-0.15, -0.1) is 0 Å². The molecular weight excluding hydrogens is 335 g/mol. The first kappa shape index (κ1) is 17.3. The molecule has 6 nitrogen and oxygen atoms in total. The molecule has 26 heavy (non-hydrogen) atoms. The highest BCUT2D eigenvalue weighted by Crippen LogP contribution is 2.16. The summed E-state index contributed by atoms with van der Waals surface area (Å²) >= 11 is 0. The lowest BCUT2D eigenvalue weighted by Gasteiger charge is -2.13. The van der Waals surface area contributed by atoms with Crippen LogP contribution in [0.5, 0.6) is 5.75 Å². The number of hydrazone groups is 1. The van der Waals surface area contributed by atoms with Crippen molar-refractivity contribution in [3.63, 3.8) is 0 Å². The van der Waals surface area contributed by atoms with Crippen molar-refractivity contribution >= 4 is 12.1 Å². The average molecular weight is 352 g/mol. The summed E-state index contributed by atoms with van der Waals surface area (Å²) in [5, 5.41) is 8.11. The van der Waals surface area contributed by atoms with E-state index in [9.17, 15) is 9.18 Å². The predicted octanol–water partition coefficient (Wildman–Crippen LogP) is 2.93. The van der Waals surface area contributed by atoms with Gasteiger partial charge in [0.25, 0.3) is 5.91 Å². The van der Waals surface area contributed by atoms with Gasteiger partial charge in [-0.3, -0.25) is 4.79 Å². The summed E-state index contributed by atoms with van der Waals surface area (Å²) in [4.78, 5) is 12.0. The van der Waals surface area contributed by atoms with Gasteiger partial charge in [0.15, 0.2) is 17.7 Å². The minimum atomic E-state index is -0.893. The molecule has 1 N–H and O–H groups in total. The third-order valence-electron chi connectivity index (χ3n) is 3.52. The Hall–Kier alpha value is -3.48. The van der Waals surface area contributed by atoms with Crippen LogP contribution in [0.25, 0.3) is 5.69 Å². The molecule has 0 fully saturated rings. The van der Waals surface area contributed by atoms with E-state index in [1.54, 1.807) is 29.2 Å². The van der Waals surface area contributed by atoms with Crippen molar-refractivity contribution < 1.29 is 13.9 Å². The van der Waals surface area contributed by atoms with Crippen molar-refractivity contribution in [2.75, 3.05) is 0 Å². The molecule has 1 atom stereocenters. The lowest BCUT2D eigenvalue weighted by atomic mass is 10.3. The van der Waals surface area contributed by atoms with Crippen LogP contribution in [0.2, 0.25) is 0 Å². The Balaban J connectivity index is 1.56. The Bertz CT molecular complexity index is 909. The number of ether oxygens (including phenoxy) is 1. The van der Waals surface area contributed by atoms with Crippen LogP contribution in [0, 0.1) is 5.82 Å². The normalized spacial score (nSPS) is 12.1. The van der Waals surface area contributed by atoms with Crippen molar-refractivity contribution in [3.05, 3.63) is 78.4 Å². The van der Waals surface area contributed by atoms with Crippen molar-refractivity contribution in [2.45, 2.75) is 13.0 Å². The summed E-state index contributed by atoms with van der Waals surface area (Å²) in [5.41, 5.74) is 4.00. The quantitative estimate of drug-likeness (QED) is 0.548. The highest BCUT2D eigenvalue weighted by atomic mass is 19.1. The summed E-state index contributed by atoms with van der Waals surface area (Å²) in [5.74, 6) is -0.993. The number of para-hydroxylation sites is 2. The van der Waals surface area contributed by atoms with Gasteiger partial charge in [-0.25, -0.2) is 14.5 Å². The van der Waals surface area contributed by atoms with E-state index >= 15 is 0 Å². The fraction of sp³-hybridized carbons (Fsp3) is 0.105. The summed E-state index contributed by atoms with van der Waals surface area (Å²) in [7, 11) is 0. The van der Waals surface area contributed by atoms with E-state index in [2.05, 4.69) is 15.6 Å². The molecule has 1 aromatic heterocycles. The molecular formula is C19H17FN4O2. The van der Waals surface area contributed by atoms with Gasteiger partial charge < -0.3 is 4.74 Å². The zero-order valence-electron chi connectivity index (χ0n) is 14.0. The standard InChI is InChI=1S/C19H17FN4O2/c1-14(26-18-10-6-5-9-17(18)20)19(25)23-21-11-15-12-22-24(13-15)16-7-3-2-4-8-16/h2-14H,1H3,(H,23,25)/b21-11-/t14-/m1/s1. The molecule has 0 aliphatic carbocycles. The van der Waals surface area contributed by atoms with Gasteiger partial charge in [0, 0.05) is 11.8 Å². The minimum Gasteiger partial charge on any atom is -0.478 e. The van der Waals surface area contributed by atoms with Crippen LogP contribution >= 0.6 is 0 Å². The van der Waals surface area contributed by atoms with E-state index in [1.165, 1.54) is 25.3 Å². The number of benzene rings is 2. The third kappa shape index (κ3) is 4.32. The van der Waals surface area contributed by atoms with E-state index < -0.39 is 17.8 Å². The van der Waals surface area contributed by atoms with E-state index in [1.807, 2.05) is 30.3 Å². The van der Waals surface area contributed by atoms with Crippen LogP contribution < -0.4 is 10.2 Å². The zero-order chi connectivity index (χ0) is 18.4. The number of hydrogen-bond donors (Lipinski definition) is 1. The highest BCUT2D eigenvalue weighted by Gasteiger charge is 2.15. The number of carbonyl (C=O) groups is 1. The van der Waals surface area contributed by atoms with Gasteiger partial charge in [0.05, 0.1) is 18.1 Å². The van der Waals surface area contributed by atoms with E-state index in [0.717, 1.165) is 11.3 Å². The maximum Gasteiger partial charge on any atom is 0.280 e.